The first-order valence-corrected chi connectivity index (χ1v) is 9.47. The molecule has 1 heterocycles. The Bertz CT molecular complexity index is 942. The highest BCUT2D eigenvalue weighted by molar-refractivity contribution is 5.83. The molecule has 5 nitrogen and oxygen atoms in total. The molecule has 30 heavy (non-hydrogen) atoms. The average Bonchev–Trinajstić information content (AvgIpc) is 2.72. The Morgan fingerprint density at radius 1 is 0.733 bits per heavy atom. The van der Waals surface area contributed by atoms with Crippen molar-refractivity contribution in [3.05, 3.63) is 101 Å². The molecular weight excluding hydrogens is 380 g/mol. The molecule has 0 spiro atoms. The highest BCUT2D eigenvalue weighted by atomic mass is 17.2. The van der Waals surface area contributed by atoms with Crippen LogP contribution in [0.5, 0.6) is 5.75 Å². The molecule has 0 atom stereocenters. The molecule has 1 aliphatic rings. The zero-order chi connectivity index (χ0) is 21.2. The lowest BCUT2D eigenvalue weighted by Gasteiger charge is -2.18. The van der Waals surface area contributed by atoms with Crippen molar-refractivity contribution in [3.63, 3.8) is 0 Å². The summed E-state index contributed by atoms with van der Waals surface area (Å²) in [4.78, 5) is 19.4. The van der Waals surface area contributed by atoms with Crippen LogP contribution in [0.4, 0.5) is 4.79 Å². The van der Waals surface area contributed by atoms with E-state index in [9.17, 15) is 0 Å². The summed E-state index contributed by atoms with van der Waals surface area (Å²) >= 11 is 0. The number of carbonyl (C=O) groups is 1. The molecule has 0 saturated carbocycles. The van der Waals surface area contributed by atoms with E-state index in [-0.39, 0.29) is 0 Å². The molecule has 0 radical (unpaired) electrons. The Hall–Kier alpha value is -3.83. The molecule has 0 aliphatic carbocycles. The SMILES string of the molecule is C(=Cc1c2ccc(c1C=Cc1ccccc1)OOCC2)c1ccccc1.O=C(O)O. The summed E-state index contributed by atoms with van der Waals surface area (Å²) < 4.78 is 0. The number of fused-ring (bicyclic) bond motifs is 3. The Kier molecular flexibility index (Phi) is 7.41. The smallest absolute Gasteiger partial charge is 0.450 e. The monoisotopic (exact) mass is 402 g/mol. The van der Waals surface area contributed by atoms with Crippen molar-refractivity contribution >= 4 is 30.5 Å². The van der Waals surface area contributed by atoms with Gasteiger partial charge >= 0.3 is 6.16 Å². The van der Waals surface area contributed by atoms with E-state index < -0.39 is 6.16 Å². The molecule has 3 aromatic carbocycles. The van der Waals surface area contributed by atoms with Crippen LogP contribution in [0.15, 0.2) is 72.8 Å². The van der Waals surface area contributed by atoms with E-state index in [4.69, 9.17) is 24.8 Å². The minimum atomic E-state index is -1.83. The van der Waals surface area contributed by atoms with Crippen LogP contribution in [0.3, 0.4) is 0 Å². The summed E-state index contributed by atoms with van der Waals surface area (Å²) in [6, 6.07) is 24.7. The predicted octanol–water partition coefficient (Wildman–Crippen LogP) is 6.12. The zero-order valence-corrected chi connectivity index (χ0v) is 16.3. The number of benzene rings is 3. The minimum absolute atomic E-state index is 0.557. The largest absolute Gasteiger partial charge is 0.503 e. The third-order valence-corrected chi connectivity index (χ3v) is 4.42. The summed E-state index contributed by atoms with van der Waals surface area (Å²) in [7, 11) is 0. The number of rotatable bonds is 4. The highest BCUT2D eigenvalue weighted by Gasteiger charge is 2.15. The summed E-state index contributed by atoms with van der Waals surface area (Å²) in [5, 5.41) is 13.9. The topological polar surface area (TPSA) is 76.0 Å². The van der Waals surface area contributed by atoms with Gasteiger partial charge in [0.15, 0.2) is 5.75 Å². The molecule has 5 heteroatoms. The molecule has 4 rings (SSSR count). The van der Waals surface area contributed by atoms with Gasteiger partial charge < -0.3 is 15.1 Å². The second-order valence-corrected chi connectivity index (χ2v) is 6.48. The van der Waals surface area contributed by atoms with Gasteiger partial charge in [0.1, 0.15) is 0 Å². The lowest BCUT2D eigenvalue weighted by molar-refractivity contribution is -0.206. The van der Waals surface area contributed by atoms with Gasteiger partial charge in [-0.25, -0.2) is 4.79 Å². The van der Waals surface area contributed by atoms with Crippen LogP contribution < -0.4 is 4.89 Å². The van der Waals surface area contributed by atoms with E-state index >= 15 is 0 Å². The van der Waals surface area contributed by atoms with E-state index in [0.29, 0.717) is 6.61 Å². The second-order valence-electron chi connectivity index (χ2n) is 6.48. The quantitative estimate of drug-likeness (QED) is 0.406. The Balaban J connectivity index is 0.000000589. The maximum atomic E-state index is 8.56. The maximum Gasteiger partial charge on any atom is 0.503 e. The molecule has 1 aliphatic heterocycles. The zero-order valence-electron chi connectivity index (χ0n) is 16.3. The fourth-order valence-corrected chi connectivity index (χ4v) is 3.07. The van der Waals surface area contributed by atoms with Crippen molar-refractivity contribution in [2.24, 2.45) is 0 Å². The van der Waals surface area contributed by atoms with E-state index in [2.05, 4.69) is 54.6 Å². The molecule has 0 aromatic heterocycles. The van der Waals surface area contributed by atoms with Crippen LogP contribution in [0.2, 0.25) is 0 Å². The van der Waals surface area contributed by atoms with Crippen LogP contribution in [0, 0.1) is 0 Å². The van der Waals surface area contributed by atoms with Crippen LogP contribution in [0.1, 0.15) is 27.8 Å². The first-order chi connectivity index (χ1) is 14.6. The van der Waals surface area contributed by atoms with Gasteiger partial charge in [-0.3, -0.25) is 0 Å². The summed E-state index contributed by atoms with van der Waals surface area (Å²) in [6.45, 7) is 0.557. The normalized spacial score (nSPS) is 12.7. The third-order valence-electron chi connectivity index (χ3n) is 4.42. The van der Waals surface area contributed by atoms with E-state index in [0.717, 1.165) is 23.3 Å². The Morgan fingerprint density at radius 3 is 1.83 bits per heavy atom. The van der Waals surface area contributed by atoms with Gasteiger partial charge in [-0.15, -0.1) is 0 Å². The second kappa shape index (κ2) is 10.6. The fourth-order valence-electron chi connectivity index (χ4n) is 3.07. The Labute approximate surface area is 175 Å². The fraction of sp³-hybridized carbons (Fsp3) is 0.0800. The van der Waals surface area contributed by atoms with Crippen molar-refractivity contribution in [1.82, 2.24) is 0 Å². The highest BCUT2D eigenvalue weighted by Crippen LogP contribution is 2.32. The van der Waals surface area contributed by atoms with Crippen LogP contribution in [0.25, 0.3) is 24.3 Å². The molecule has 152 valence electrons. The maximum absolute atomic E-state index is 8.56. The van der Waals surface area contributed by atoms with Crippen LogP contribution in [-0.4, -0.2) is 23.0 Å². The lowest BCUT2D eigenvalue weighted by atomic mass is 9.95. The van der Waals surface area contributed by atoms with Gasteiger partial charge in [0, 0.05) is 12.0 Å². The van der Waals surface area contributed by atoms with E-state index in [1.807, 2.05) is 42.5 Å². The van der Waals surface area contributed by atoms with Crippen molar-refractivity contribution < 1.29 is 24.8 Å². The molecule has 0 fully saturated rings. The molecule has 0 saturated heterocycles. The van der Waals surface area contributed by atoms with Crippen molar-refractivity contribution in [2.75, 3.05) is 6.61 Å². The third kappa shape index (κ3) is 6.09. The number of hydrogen-bond donors (Lipinski definition) is 2. The van der Waals surface area contributed by atoms with Gasteiger partial charge in [-0.1, -0.05) is 85.0 Å². The first-order valence-electron chi connectivity index (χ1n) is 9.47. The molecule has 0 unspecified atom stereocenters. The lowest BCUT2D eigenvalue weighted by Crippen LogP contribution is -2.09. The molecule has 2 bridgehead atoms. The van der Waals surface area contributed by atoms with Gasteiger partial charge in [0.25, 0.3) is 0 Å². The summed E-state index contributed by atoms with van der Waals surface area (Å²) in [5.41, 5.74) is 5.81. The van der Waals surface area contributed by atoms with Gasteiger partial charge in [-0.05, 0) is 34.4 Å². The van der Waals surface area contributed by atoms with Crippen molar-refractivity contribution in [1.29, 1.82) is 0 Å². The van der Waals surface area contributed by atoms with Gasteiger partial charge in [-0.2, -0.15) is 4.89 Å². The van der Waals surface area contributed by atoms with E-state index in [1.54, 1.807) is 0 Å². The van der Waals surface area contributed by atoms with Crippen molar-refractivity contribution in [2.45, 2.75) is 6.42 Å². The first kappa shape index (κ1) is 20.9. The van der Waals surface area contributed by atoms with Crippen LogP contribution >= 0.6 is 0 Å². The molecular formula is C25H22O5. The minimum Gasteiger partial charge on any atom is -0.450 e. The molecule has 2 N–H and O–H groups in total. The number of hydrogen-bond acceptors (Lipinski definition) is 3. The predicted molar refractivity (Wildman–Crippen MR) is 118 cm³/mol. The molecule has 3 aromatic rings. The van der Waals surface area contributed by atoms with Gasteiger partial charge in [0.05, 0.1) is 6.61 Å². The molecule has 0 amide bonds. The van der Waals surface area contributed by atoms with Crippen LogP contribution in [-0.2, 0) is 11.3 Å². The summed E-state index contributed by atoms with van der Waals surface area (Å²) in [5.74, 6) is 0.744. The average molecular weight is 402 g/mol. The number of carboxylic acid groups (broad SMARTS) is 2. The Morgan fingerprint density at radius 2 is 1.27 bits per heavy atom. The van der Waals surface area contributed by atoms with E-state index in [1.165, 1.54) is 16.7 Å². The summed E-state index contributed by atoms with van der Waals surface area (Å²) in [6.07, 6.45) is 7.51. The van der Waals surface area contributed by atoms with Gasteiger partial charge in [0.2, 0.25) is 0 Å². The standard InChI is InChI=1S/C24H20O2.CH2O3/c1-3-7-19(8-4-1)11-14-22-21-13-16-24(26-25-18-17-21)23(22)15-12-20-9-5-2-6-10-20;2-1(3)4/h1-16H,17-18H2;(H2,2,3,4). The van der Waals surface area contributed by atoms with Crippen molar-refractivity contribution in [3.8, 4) is 5.75 Å².